The first-order valence-electron chi connectivity index (χ1n) is 22.6. The van der Waals surface area contributed by atoms with Gasteiger partial charge in [0.1, 0.15) is 22.8 Å². The Bertz CT molecular complexity index is 2610. The molecule has 15 heteroatoms. The molecule has 0 bridgehead atoms. The van der Waals surface area contributed by atoms with Gasteiger partial charge in [-0.25, -0.2) is 18.1 Å². The minimum absolute atomic E-state index is 0.00300. The number of nitrogens with zero attached hydrogens (tertiary/aromatic N) is 4. The van der Waals surface area contributed by atoms with Crippen molar-refractivity contribution in [2.24, 2.45) is 17.3 Å². The minimum atomic E-state index is -4.53. The van der Waals surface area contributed by atoms with Gasteiger partial charge in [-0.1, -0.05) is 18.2 Å². The smallest absolute Gasteiger partial charge is 0.293 e. The van der Waals surface area contributed by atoms with E-state index in [0.29, 0.717) is 42.6 Å². The van der Waals surface area contributed by atoms with E-state index in [-0.39, 0.29) is 22.9 Å². The standard InChI is InChI=1S/C48H55N7O7S/c56-47(52-63(59,60)39-10-12-42(44(27-39)55(57)58)50-30-32-14-22-61-23-15-32)41-11-9-36(26-45(41)62-38-25-35-13-18-49-46(35)51-31-38)53-20-16-48(17-21-53)28-33(29-48)24-37-4-3-19-54(37)43-6-2-1-5-40(43)34-7-8-34/h1-2,5-6,9-13,18,25-27,31-34,37,50H,3-4,7-8,14-17,19-24,28-30H2,(H,49,51)(H,52,56). The second-order valence-electron chi connectivity index (χ2n) is 18.5. The number of aromatic amines is 1. The van der Waals surface area contributed by atoms with Crippen LogP contribution in [0, 0.1) is 27.4 Å². The summed E-state index contributed by atoms with van der Waals surface area (Å²) in [6, 6.07) is 22.2. The number of hydrogen-bond donors (Lipinski definition) is 3. The van der Waals surface area contributed by atoms with Gasteiger partial charge in [0.05, 0.1) is 21.6 Å². The van der Waals surface area contributed by atoms with Crippen LogP contribution in [0.3, 0.4) is 0 Å². The molecule has 1 amide bonds. The van der Waals surface area contributed by atoms with Crippen molar-refractivity contribution in [3.8, 4) is 11.5 Å². The van der Waals surface area contributed by atoms with E-state index in [4.69, 9.17) is 9.47 Å². The molecule has 14 nitrogen and oxygen atoms in total. The Balaban J connectivity index is 0.821. The molecule has 3 aromatic carbocycles. The summed E-state index contributed by atoms with van der Waals surface area (Å²) in [4.78, 5) is 37.6. The Morgan fingerprint density at radius 2 is 1.76 bits per heavy atom. The van der Waals surface area contributed by atoms with Crippen molar-refractivity contribution in [3.63, 3.8) is 0 Å². The maximum absolute atomic E-state index is 13.9. The maximum atomic E-state index is 13.9. The van der Waals surface area contributed by atoms with E-state index < -0.39 is 31.4 Å². The number of para-hydroxylation sites is 1. The number of sulfonamides is 1. The van der Waals surface area contributed by atoms with Crippen molar-refractivity contribution >= 4 is 49.7 Å². The van der Waals surface area contributed by atoms with Crippen LogP contribution in [0.4, 0.5) is 22.7 Å². The Morgan fingerprint density at radius 3 is 2.56 bits per heavy atom. The van der Waals surface area contributed by atoms with Gasteiger partial charge in [-0.15, -0.1) is 0 Å². The van der Waals surface area contributed by atoms with Gasteiger partial charge in [0.25, 0.3) is 21.6 Å². The molecule has 3 N–H and O–H groups in total. The summed E-state index contributed by atoms with van der Waals surface area (Å²) in [5.41, 5.74) is 4.75. The fraction of sp³-hybridized carbons (Fsp3) is 0.458. The van der Waals surface area contributed by atoms with Gasteiger partial charge in [-0.2, -0.15) is 0 Å². The summed E-state index contributed by atoms with van der Waals surface area (Å²) in [5, 5.41) is 16.0. The number of H-pyrrole nitrogens is 1. The molecule has 5 fully saturated rings. The number of nitro groups is 1. The molecule has 10 rings (SSSR count). The van der Waals surface area contributed by atoms with Crippen molar-refractivity contribution in [2.75, 3.05) is 54.5 Å². The van der Waals surface area contributed by atoms with Crippen molar-refractivity contribution < 1.29 is 27.6 Å². The normalized spacial score (nSPS) is 20.5. The number of aromatic nitrogens is 2. The predicted molar refractivity (Wildman–Crippen MR) is 242 cm³/mol. The highest BCUT2D eigenvalue weighted by molar-refractivity contribution is 7.90. The molecule has 0 radical (unpaired) electrons. The van der Waals surface area contributed by atoms with Crippen LogP contribution in [0.25, 0.3) is 11.0 Å². The first kappa shape index (κ1) is 41.3. The van der Waals surface area contributed by atoms with Crippen LogP contribution >= 0.6 is 0 Å². The lowest BCUT2D eigenvalue weighted by molar-refractivity contribution is -0.384. The van der Waals surface area contributed by atoms with E-state index in [1.54, 1.807) is 36.2 Å². The maximum Gasteiger partial charge on any atom is 0.293 e. The number of nitrogens with one attached hydrogen (secondary N) is 3. The topological polar surface area (TPSA) is 172 Å². The highest BCUT2D eigenvalue weighted by atomic mass is 32.2. The third kappa shape index (κ3) is 8.82. The van der Waals surface area contributed by atoms with Crippen LogP contribution in [-0.4, -0.2) is 74.7 Å². The largest absolute Gasteiger partial charge is 0.455 e. The average molecular weight is 874 g/mol. The summed E-state index contributed by atoms with van der Waals surface area (Å²) in [5.74, 6) is 1.40. The second kappa shape index (κ2) is 17.1. The monoisotopic (exact) mass is 873 g/mol. The number of benzene rings is 3. The van der Waals surface area contributed by atoms with Gasteiger partial charge in [-0.3, -0.25) is 14.9 Å². The van der Waals surface area contributed by atoms with E-state index in [0.717, 1.165) is 74.3 Å². The molecule has 63 heavy (non-hydrogen) atoms. The van der Waals surface area contributed by atoms with Crippen molar-refractivity contribution in [3.05, 3.63) is 106 Å². The summed E-state index contributed by atoms with van der Waals surface area (Å²) >= 11 is 0. The number of ether oxygens (including phenoxy) is 2. The third-order valence-electron chi connectivity index (χ3n) is 14.3. The van der Waals surface area contributed by atoms with Crippen molar-refractivity contribution in [1.82, 2.24) is 14.7 Å². The molecule has 5 aromatic rings. The molecule has 1 atom stereocenters. The molecule has 1 spiro atoms. The first-order chi connectivity index (χ1) is 30.6. The molecular formula is C48H55N7O7S. The third-order valence-corrected chi connectivity index (χ3v) is 15.6. The molecular weight excluding hydrogens is 819 g/mol. The lowest BCUT2D eigenvalue weighted by Crippen LogP contribution is -2.48. The van der Waals surface area contributed by atoms with Crippen molar-refractivity contribution in [1.29, 1.82) is 0 Å². The van der Waals surface area contributed by atoms with Crippen molar-refractivity contribution in [2.45, 2.75) is 87.5 Å². The zero-order valence-electron chi connectivity index (χ0n) is 35.5. The van der Waals surface area contributed by atoms with Gasteiger partial charge >= 0.3 is 0 Å². The number of rotatable bonds is 14. The zero-order valence-corrected chi connectivity index (χ0v) is 36.3. The number of pyridine rings is 1. The number of piperidine rings is 1. The Labute approximate surface area is 367 Å². The van der Waals surface area contributed by atoms with Crippen LogP contribution in [0.1, 0.15) is 92.5 Å². The Kier molecular flexibility index (Phi) is 11.2. The minimum Gasteiger partial charge on any atom is -0.455 e. The van der Waals surface area contributed by atoms with E-state index in [1.807, 2.05) is 12.1 Å². The number of amides is 1. The van der Waals surface area contributed by atoms with Gasteiger partial charge in [-0.05, 0) is 142 Å². The lowest BCUT2D eigenvalue weighted by Gasteiger charge is -2.53. The predicted octanol–water partition coefficient (Wildman–Crippen LogP) is 9.15. The quantitative estimate of drug-likeness (QED) is 0.0718. The molecule has 2 saturated carbocycles. The number of carbonyl (C=O) groups is 1. The fourth-order valence-corrected chi connectivity index (χ4v) is 11.7. The van der Waals surface area contributed by atoms with E-state index in [9.17, 15) is 23.3 Å². The van der Waals surface area contributed by atoms with Crippen LogP contribution in [0.15, 0.2) is 90.1 Å². The molecule has 2 aromatic heterocycles. The van der Waals surface area contributed by atoms with E-state index in [1.165, 1.54) is 62.8 Å². The number of hydrogen-bond acceptors (Lipinski definition) is 11. The molecule has 330 valence electrons. The van der Waals surface area contributed by atoms with Crippen LogP contribution < -0.4 is 24.6 Å². The van der Waals surface area contributed by atoms with Crippen LogP contribution in [-0.2, 0) is 14.8 Å². The summed E-state index contributed by atoms with van der Waals surface area (Å²) < 4.78 is 41.3. The SMILES string of the molecule is O=C(NS(=O)(=O)c1ccc(NCC2CCOCC2)c([N+](=O)[O-])c1)c1ccc(N2CCC3(CC2)CC(CC2CCCN2c2ccccc2C2CC2)C3)cc1Oc1cnc2[nH]ccc2c1. The zero-order chi connectivity index (χ0) is 43.1. The van der Waals surface area contributed by atoms with Gasteiger partial charge in [0, 0.05) is 80.5 Å². The Morgan fingerprint density at radius 1 is 0.952 bits per heavy atom. The number of fused-ring (bicyclic) bond motifs is 1. The summed E-state index contributed by atoms with van der Waals surface area (Å²) in [6.07, 6.45) is 16.2. The number of nitro benzene ring substituents is 1. The highest BCUT2D eigenvalue weighted by Gasteiger charge is 2.47. The highest BCUT2D eigenvalue weighted by Crippen LogP contribution is 2.55. The van der Waals surface area contributed by atoms with Crippen LogP contribution in [0.5, 0.6) is 11.5 Å². The molecule has 5 aliphatic rings. The molecule has 3 aliphatic heterocycles. The molecule has 2 aliphatic carbocycles. The average Bonchev–Trinajstić information content (AvgIpc) is 3.85. The van der Waals surface area contributed by atoms with Gasteiger partial charge < -0.3 is 29.6 Å². The lowest BCUT2D eigenvalue weighted by atomic mass is 9.56. The van der Waals surface area contributed by atoms with E-state index >= 15 is 0 Å². The molecule has 5 heterocycles. The fourth-order valence-electron chi connectivity index (χ4n) is 10.8. The van der Waals surface area contributed by atoms with E-state index in [2.05, 4.69) is 54.1 Å². The number of anilines is 3. The first-order valence-corrected chi connectivity index (χ1v) is 24.1. The number of carbonyl (C=O) groups excluding carboxylic acids is 1. The Hall–Kier alpha value is -5.67. The van der Waals surface area contributed by atoms with Crippen LogP contribution in [0.2, 0.25) is 0 Å². The van der Waals surface area contributed by atoms with Gasteiger partial charge in [0.2, 0.25) is 0 Å². The van der Waals surface area contributed by atoms with Gasteiger partial charge in [0.15, 0.2) is 0 Å². The molecule has 3 saturated heterocycles. The summed E-state index contributed by atoms with van der Waals surface area (Å²) in [7, 11) is -4.53. The second-order valence-corrected chi connectivity index (χ2v) is 20.2. The molecule has 1 unspecified atom stereocenters. The summed E-state index contributed by atoms with van der Waals surface area (Å²) in [6.45, 7) is 4.66.